The van der Waals surface area contributed by atoms with Crippen LogP contribution in [0.1, 0.15) is 77.2 Å². The lowest BCUT2D eigenvalue weighted by molar-refractivity contribution is -0.129. The number of amides is 1. The van der Waals surface area contributed by atoms with Crippen molar-refractivity contribution in [3.8, 4) is 0 Å². The second kappa shape index (κ2) is 12.0. The summed E-state index contributed by atoms with van der Waals surface area (Å²) >= 11 is 0. The quantitative estimate of drug-likeness (QED) is 0.637. The number of aromatic nitrogens is 2. The number of rotatable bonds is 6. The van der Waals surface area contributed by atoms with E-state index in [0.29, 0.717) is 6.54 Å². The monoisotopic (exact) mass is 495 g/mol. The van der Waals surface area contributed by atoms with Gasteiger partial charge in [0.15, 0.2) is 0 Å². The van der Waals surface area contributed by atoms with Crippen LogP contribution in [0.25, 0.3) is 11.0 Å². The molecule has 2 aliphatic heterocycles. The van der Waals surface area contributed by atoms with E-state index in [1.807, 2.05) is 40.3 Å². The number of carbonyl (C=O) groups excluding carboxylic acids is 1. The van der Waals surface area contributed by atoms with Crippen LogP contribution in [0.15, 0.2) is 29.1 Å². The summed E-state index contributed by atoms with van der Waals surface area (Å²) in [6, 6.07) is 8.15. The number of nitrogens with one attached hydrogen (secondary N) is 2. The maximum absolute atomic E-state index is 13.8. The smallest absolute Gasteiger partial charge is 0.329 e. The number of hydrogen-bond donors (Lipinski definition) is 2. The van der Waals surface area contributed by atoms with Gasteiger partial charge in [0.2, 0.25) is 5.91 Å². The number of benzene rings is 1. The number of carbonyl (C=O) groups is 1. The number of likely N-dealkylation sites (tertiary alicyclic amines) is 1. The average molecular weight is 496 g/mol. The van der Waals surface area contributed by atoms with Crippen molar-refractivity contribution >= 4 is 16.9 Å². The van der Waals surface area contributed by atoms with Gasteiger partial charge in [0, 0.05) is 38.8 Å². The summed E-state index contributed by atoms with van der Waals surface area (Å²) in [4.78, 5) is 30.0. The minimum Gasteiger partial charge on any atom is -0.352 e. The first-order valence-corrected chi connectivity index (χ1v) is 14.6. The number of para-hydroxylation sites is 2. The highest BCUT2D eigenvalue weighted by Gasteiger charge is 2.38. The van der Waals surface area contributed by atoms with Gasteiger partial charge in [-0.2, -0.15) is 0 Å². The maximum Gasteiger partial charge on any atom is 0.329 e. The van der Waals surface area contributed by atoms with Gasteiger partial charge in [-0.3, -0.25) is 13.9 Å². The largest absolute Gasteiger partial charge is 0.352 e. The van der Waals surface area contributed by atoms with Crippen molar-refractivity contribution in [2.45, 2.75) is 89.8 Å². The second-order valence-electron chi connectivity index (χ2n) is 11.4. The van der Waals surface area contributed by atoms with E-state index in [4.69, 9.17) is 0 Å². The Hall–Kier alpha value is -2.12. The first-order valence-electron chi connectivity index (χ1n) is 14.6. The average Bonchev–Trinajstić information content (AvgIpc) is 3.17. The van der Waals surface area contributed by atoms with Gasteiger partial charge in [0.05, 0.1) is 23.0 Å². The third kappa shape index (κ3) is 5.57. The van der Waals surface area contributed by atoms with E-state index in [1.165, 1.54) is 44.9 Å². The Balaban J connectivity index is 1.40. The van der Waals surface area contributed by atoms with E-state index in [2.05, 4.69) is 15.5 Å². The molecule has 36 heavy (non-hydrogen) atoms. The van der Waals surface area contributed by atoms with Gasteiger partial charge in [0.25, 0.3) is 0 Å². The molecule has 1 unspecified atom stereocenters. The van der Waals surface area contributed by atoms with E-state index < -0.39 is 0 Å². The van der Waals surface area contributed by atoms with E-state index in [0.717, 1.165) is 68.9 Å². The molecule has 1 aromatic heterocycles. The standard InChI is InChI=1S/C29H45N5O2/c1-2-33-26-14-8-9-15-27(26)34(29(33)36)25-16-18-32(20-22-11-6-4-3-5-7-12-22)21-24(25)28(35)31-23-13-10-17-30-19-23/h8-9,14-15,22-25,30H,2-7,10-13,16-21H2,1H3,(H,31,35)/t23?,24-,25-/m0/s1. The molecule has 3 atom stereocenters. The summed E-state index contributed by atoms with van der Waals surface area (Å²) in [7, 11) is 0. The molecule has 0 bridgehead atoms. The molecule has 2 aromatic rings. The molecule has 3 aliphatic rings. The van der Waals surface area contributed by atoms with Crippen LogP contribution >= 0.6 is 0 Å². The molecular weight excluding hydrogens is 450 g/mol. The number of aryl methyl sites for hydroxylation is 1. The normalized spacial score (nSPS) is 27.0. The Morgan fingerprint density at radius 2 is 1.75 bits per heavy atom. The van der Waals surface area contributed by atoms with Crippen molar-refractivity contribution in [2.24, 2.45) is 11.8 Å². The zero-order valence-corrected chi connectivity index (χ0v) is 22.1. The molecular formula is C29H45N5O2. The second-order valence-corrected chi connectivity index (χ2v) is 11.4. The molecule has 3 fully saturated rings. The summed E-state index contributed by atoms with van der Waals surface area (Å²) in [5.41, 5.74) is 1.95. The van der Waals surface area contributed by atoms with Crippen molar-refractivity contribution < 1.29 is 4.79 Å². The predicted molar refractivity (Wildman–Crippen MR) is 145 cm³/mol. The van der Waals surface area contributed by atoms with Crippen LogP contribution in [0.3, 0.4) is 0 Å². The van der Waals surface area contributed by atoms with Gasteiger partial charge in [-0.15, -0.1) is 0 Å². The molecule has 1 aliphatic carbocycles. The third-order valence-corrected chi connectivity index (χ3v) is 8.90. The minimum absolute atomic E-state index is 0.0225. The minimum atomic E-state index is -0.219. The Bertz CT molecular complexity index is 1060. The summed E-state index contributed by atoms with van der Waals surface area (Å²) in [5, 5.41) is 6.79. The van der Waals surface area contributed by atoms with Crippen molar-refractivity contribution in [1.82, 2.24) is 24.7 Å². The Labute approximate surface area is 215 Å². The highest BCUT2D eigenvalue weighted by Crippen LogP contribution is 2.33. The SMILES string of the molecule is CCn1c(=O)n([C@H]2CCN(CC3CCCCCCC3)C[C@@H]2C(=O)NC2CCCNC2)c2ccccc21. The summed E-state index contributed by atoms with van der Waals surface area (Å²) in [5.74, 6) is 0.636. The van der Waals surface area contributed by atoms with Crippen LogP contribution in [-0.2, 0) is 11.3 Å². The lowest BCUT2D eigenvalue weighted by Crippen LogP contribution is -2.54. The van der Waals surface area contributed by atoms with E-state index in [1.54, 1.807) is 0 Å². The van der Waals surface area contributed by atoms with Gasteiger partial charge in [-0.1, -0.05) is 44.2 Å². The van der Waals surface area contributed by atoms with Crippen LogP contribution in [0.2, 0.25) is 0 Å². The lowest BCUT2D eigenvalue weighted by Gasteiger charge is -2.40. The molecule has 7 nitrogen and oxygen atoms in total. The van der Waals surface area contributed by atoms with E-state index in [-0.39, 0.29) is 29.6 Å². The zero-order chi connectivity index (χ0) is 24.9. The van der Waals surface area contributed by atoms with Gasteiger partial charge in [0.1, 0.15) is 0 Å². The molecule has 0 spiro atoms. The van der Waals surface area contributed by atoms with Crippen molar-refractivity contribution in [2.75, 3.05) is 32.7 Å². The van der Waals surface area contributed by atoms with E-state index in [9.17, 15) is 9.59 Å². The van der Waals surface area contributed by atoms with Crippen LogP contribution in [0.5, 0.6) is 0 Å². The summed E-state index contributed by atoms with van der Waals surface area (Å²) in [6.45, 7) is 7.31. The molecule has 198 valence electrons. The molecule has 3 heterocycles. The van der Waals surface area contributed by atoms with Gasteiger partial charge in [-0.25, -0.2) is 4.79 Å². The van der Waals surface area contributed by atoms with Crippen molar-refractivity contribution in [3.63, 3.8) is 0 Å². The van der Waals surface area contributed by atoms with Gasteiger partial charge < -0.3 is 15.5 Å². The number of hydrogen-bond acceptors (Lipinski definition) is 4. The Morgan fingerprint density at radius 1 is 1.00 bits per heavy atom. The fraction of sp³-hybridized carbons (Fsp3) is 0.724. The number of piperidine rings is 2. The highest BCUT2D eigenvalue weighted by atomic mass is 16.2. The number of nitrogens with zero attached hydrogens (tertiary/aromatic N) is 3. The summed E-state index contributed by atoms with van der Waals surface area (Å²) < 4.78 is 3.81. The first kappa shape index (κ1) is 25.5. The molecule has 1 saturated carbocycles. The van der Waals surface area contributed by atoms with Crippen LogP contribution < -0.4 is 16.3 Å². The van der Waals surface area contributed by atoms with Gasteiger partial charge >= 0.3 is 5.69 Å². The lowest BCUT2D eigenvalue weighted by atomic mass is 9.87. The molecule has 5 rings (SSSR count). The fourth-order valence-electron chi connectivity index (χ4n) is 6.97. The third-order valence-electron chi connectivity index (χ3n) is 8.90. The molecule has 1 aromatic carbocycles. The van der Waals surface area contributed by atoms with Crippen LogP contribution in [-0.4, -0.2) is 58.7 Å². The van der Waals surface area contributed by atoms with Crippen molar-refractivity contribution in [1.29, 1.82) is 0 Å². The predicted octanol–water partition coefficient (Wildman–Crippen LogP) is 3.91. The fourth-order valence-corrected chi connectivity index (χ4v) is 6.97. The van der Waals surface area contributed by atoms with Gasteiger partial charge in [-0.05, 0) is 63.6 Å². The van der Waals surface area contributed by atoms with Crippen LogP contribution in [0.4, 0.5) is 0 Å². The summed E-state index contributed by atoms with van der Waals surface area (Å²) in [6.07, 6.45) is 12.4. The van der Waals surface area contributed by atoms with Crippen LogP contribution in [0, 0.1) is 11.8 Å². The molecule has 0 radical (unpaired) electrons. The van der Waals surface area contributed by atoms with Crippen molar-refractivity contribution in [3.05, 3.63) is 34.7 Å². The zero-order valence-electron chi connectivity index (χ0n) is 22.1. The maximum atomic E-state index is 13.8. The van der Waals surface area contributed by atoms with E-state index >= 15 is 0 Å². The molecule has 2 N–H and O–H groups in total. The molecule has 2 saturated heterocycles. The molecule has 1 amide bonds. The first-order chi connectivity index (χ1) is 17.7. The topological polar surface area (TPSA) is 71.3 Å². The number of fused-ring (bicyclic) bond motifs is 1. The highest BCUT2D eigenvalue weighted by molar-refractivity contribution is 5.81. The Morgan fingerprint density at radius 3 is 2.47 bits per heavy atom. The Kier molecular flexibility index (Phi) is 8.47. The number of imidazole rings is 1. The molecule has 7 heteroatoms.